The zero-order valence-corrected chi connectivity index (χ0v) is 44.2. The highest BCUT2D eigenvalue weighted by Crippen LogP contribution is 2.17. The molecule has 0 aromatic carbocycles. The second-order valence-electron chi connectivity index (χ2n) is 20.0. The molecule has 0 saturated heterocycles. The van der Waals surface area contributed by atoms with Crippen molar-refractivity contribution >= 4 is 11.9 Å². The third kappa shape index (κ3) is 51.5. The van der Waals surface area contributed by atoms with Gasteiger partial charge >= 0.3 is 5.97 Å². The number of carbonyl (C=O) groups is 2. The van der Waals surface area contributed by atoms with Crippen LogP contribution >= 0.6 is 0 Å². The molecule has 0 spiro atoms. The Labute approximate surface area is 411 Å². The van der Waals surface area contributed by atoms with Crippen molar-refractivity contribution in [1.82, 2.24) is 5.32 Å². The lowest BCUT2D eigenvalue weighted by Gasteiger charge is -2.20. The van der Waals surface area contributed by atoms with E-state index in [0.717, 1.165) is 70.6 Å². The van der Waals surface area contributed by atoms with Gasteiger partial charge in [-0.2, -0.15) is 0 Å². The summed E-state index contributed by atoms with van der Waals surface area (Å²) in [4.78, 5) is 24.5. The third-order valence-electron chi connectivity index (χ3n) is 13.4. The summed E-state index contributed by atoms with van der Waals surface area (Å²) in [6, 6.07) is -0.639. The van der Waals surface area contributed by atoms with Crippen LogP contribution < -0.4 is 5.32 Å². The molecule has 0 rings (SSSR count). The van der Waals surface area contributed by atoms with Crippen LogP contribution in [0.2, 0.25) is 0 Å². The van der Waals surface area contributed by atoms with E-state index in [1.54, 1.807) is 6.08 Å². The first-order valence-corrected chi connectivity index (χ1v) is 29.3. The average molecular weight is 929 g/mol. The molecular formula is C60H113NO5. The number of esters is 1. The van der Waals surface area contributed by atoms with Gasteiger partial charge in [0, 0.05) is 12.8 Å². The summed E-state index contributed by atoms with van der Waals surface area (Å²) in [7, 11) is 0. The van der Waals surface area contributed by atoms with Gasteiger partial charge in [0.2, 0.25) is 5.91 Å². The van der Waals surface area contributed by atoms with E-state index >= 15 is 0 Å². The van der Waals surface area contributed by atoms with E-state index in [4.69, 9.17) is 4.74 Å². The monoisotopic (exact) mass is 928 g/mol. The Morgan fingerprint density at radius 2 is 0.758 bits per heavy atom. The standard InChI is InChI=1S/C60H113NO5/c1-3-5-7-9-11-13-15-17-19-20-21-22-23-24-26-28-32-36-40-44-48-52-58(63)57(56-62)61-59(64)53-49-45-41-37-33-29-27-31-35-39-43-47-51-55-66-60(65)54-50-46-42-38-34-30-25-18-16-14-12-10-8-6-4-2/h12,14,18,25,48,52,57-58,62-63H,3-11,13,15-17,19-24,26-47,49-51,53-56H2,1-2H3,(H,61,64)/b14-12-,25-18-,52-48+. The number of nitrogens with one attached hydrogen (secondary N) is 1. The maximum absolute atomic E-state index is 12.5. The number of aliphatic hydroxyl groups is 2. The number of hydrogen-bond acceptors (Lipinski definition) is 5. The molecule has 388 valence electrons. The largest absolute Gasteiger partial charge is 0.466 e. The number of allylic oxidation sites excluding steroid dienone is 5. The van der Waals surface area contributed by atoms with E-state index in [1.165, 1.54) is 212 Å². The molecule has 2 unspecified atom stereocenters. The fourth-order valence-corrected chi connectivity index (χ4v) is 8.90. The number of amides is 1. The van der Waals surface area contributed by atoms with Crippen LogP contribution in [-0.4, -0.2) is 47.4 Å². The number of carbonyl (C=O) groups excluding carboxylic acids is 2. The van der Waals surface area contributed by atoms with Gasteiger partial charge in [-0.05, 0) is 64.2 Å². The van der Waals surface area contributed by atoms with Crippen molar-refractivity contribution in [3.05, 3.63) is 36.5 Å². The Kier molecular flexibility index (Phi) is 54.1. The van der Waals surface area contributed by atoms with Gasteiger partial charge in [-0.3, -0.25) is 9.59 Å². The van der Waals surface area contributed by atoms with Crippen LogP contribution in [0, 0.1) is 0 Å². The van der Waals surface area contributed by atoms with E-state index in [2.05, 4.69) is 43.5 Å². The zero-order chi connectivity index (χ0) is 47.9. The molecule has 0 saturated carbocycles. The first-order valence-electron chi connectivity index (χ1n) is 29.3. The minimum atomic E-state index is -0.855. The molecule has 6 nitrogen and oxygen atoms in total. The van der Waals surface area contributed by atoms with E-state index in [-0.39, 0.29) is 18.5 Å². The van der Waals surface area contributed by atoms with Gasteiger partial charge < -0.3 is 20.3 Å². The van der Waals surface area contributed by atoms with Crippen molar-refractivity contribution < 1.29 is 24.5 Å². The second-order valence-corrected chi connectivity index (χ2v) is 20.0. The molecule has 66 heavy (non-hydrogen) atoms. The normalized spacial score (nSPS) is 12.8. The lowest BCUT2D eigenvalue weighted by atomic mass is 10.0. The first kappa shape index (κ1) is 64.1. The molecule has 0 aromatic heterocycles. The predicted octanol–water partition coefficient (Wildman–Crippen LogP) is 18.0. The SMILES string of the molecule is CCCCC/C=C\C/C=C\CCCCCCCC(=O)OCCCCCCCCCCCCCCCC(=O)NC(CO)C(O)/C=C/CCCCCCCCCCCCCCCCCCCCC. The Morgan fingerprint density at radius 1 is 0.424 bits per heavy atom. The molecule has 1 amide bonds. The van der Waals surface area contributed by atoms with E-state index < -0.39 is 12.1 Å². The molecule has 6 heteroatoms. The Bertz CT molecular complexity index is 1070. The van der Waals surface area contributed by atoms with Gasteiger partial charge in [-0.25, -0.2) is 0 Å². The fourth-order valence-electron chi connectivity index (χ4n) is 8.90. The Hall–Kier alpha value is -1.92. The number of unbranched alkanes of at least 4 members (excludes halogenated alkanes) is 39. The summed E-state index contributed by atoms with van der Waals surface area (Å²) < 4.78 is 5.46. The molecule has 0 aliphatic carbocycles. The lowest BCUT2D eigenvalue weighted by molar-refractivity contribution is -0.143. The van der Waals surface area contributed by atoms with Crippen molar-refractivity contribution in [2.75, 3.05) is 13.2 Å². The zero-order valence-electron chi connectivity index (χ0n) is 44.2. The van der Waals surface area contributed by atoms with Gasteiger partial charge in [0.25, 0.3) is 0 Å². The van der Waals surface area contributed by atoms with Crippen molar-refractivity contribution in [3.8, 4) is 0 Å². The topological polar surface area (TPSA) is 95.9 Å². The van der Waals surface area contributed by atoms with Crippen molar-refractivity contribution in [2.24, 2.45) is 0 Å². The molecule has 0 aliphatic rings. The highest BCUT2D eigenvalue weighted by atomic mass is 16.5. The first-order chi connectivity index (χ1) is 32.5. The van der Waals surface area contributed by atoms with Crippen LogP contribution in [0.1, 0.15) is 309 Å². The number of aliphatic hydroxyl groups excluding tert-OH is 2. The van der Waals surface area contributed by atoms with Crippen LogP contribution in [0.15, 0.2) is 36.5 Å². The molecular weight excluding hydrogens is 815 g/mol. The summed E-state index contributed by atoms with van der Waals surface area (Å²) >= 11 is 0. The molecule has 0 radical (unpaired) electrons. The quantitative estimate of drug-likeness (QED) is 0.0321. The van der Waals surface area contributed by atoms with Crippen molar-refractivity contribution in [1.29, 1.82) is 0 Å². The van der Waals surface area contributed by atoms with Crippen LogP contribution in [0.5, 0.6) is 0 Å². The Morgan fingerprint density at radius 3 is 1.18 bits per heavy atom. The van der Waals surface area contributed by atoms with Crippen molar-refractivity contribution in [3.63, 3.8) is 0 Å². The van der Waals surface area contributed by atoms with E-state index in [0.29, 0.717) is 19.4 Å². The van der Waals surface area contributed by atoms with Gasteiger partial charge in [-0.15, -0.1) is 0 Å². The summed E-state index contributed by atoms with van der Waals surface area (Å²) in [6.07, 6.45) is 68.7. The predicted molar refractivity (Wildman–Crippen MR) is 287 cm³/mol. The fraction of sp³-hybridized carbons (Fsp3) is 0.867. The van der Waals surface area contributed by atoms with Gasteiger partial charge in [0.05, 0.1) is 25.4 Å². The molecule has 0 bridgehead atoms. The number of hydrogen-bond donors (Lipinski definition) is 3. The van der Waals surface area contributed by atoms with Crippen LogP contribution in [-0.2, 0) is 14.3 Å². The number of ether oxygens (including phenoxy) is 1. The van der Waals surface area contributed by atoms with Crippen LogP contribution in [0.25, 0.3) is 0 Å². The molecule has 0 heterocycles. The van der Waals surface area contributed by atoms with Crippen molar-refractivity contribution in [2.45, 2.75) is 321 Å². The highest BCUT2D eigenvalue weighted by Gasteiger charge is 2.18. The van der Waals surface area contributed by atoms with Gasteiger partial charge in [0.1, 0.15) is 0 Å². The molecule has 0 aromatic rings. The molecule has 3 N–H and O–H groups in total. The van der Waals surface area contributed by atoms with E-state index in [9.17, 15) is 19.8 Å². The molecule has 0 fully saturated rings. The summed E-state index contributed by atoms with van der Waals surface area (Å²) in [5.41, 5.74) is 0. The lowest BCUT2D eigenvalue weighted by Crippen LogP contribution is -2.45. The van der Waals surface area contributed by atoms with Gasteiger partial charge in [0.15, 0.2) is 0 Å². The maximum atomic E-state index is 12.5. The third-order valence-corrected chi connectivity index (χ3v) is 13.4. The van der Waals surface area contributed by atoms with Crippen LogP contribution in [0.4, 0.5) is 0 Å². The van der Waals surface area contributed by atoms with Crippen LogP contribution in [0.3, 0.4) is 0 Å². The summed E-state index contributed by atoms with van der Waals surface area (Å²) in [5, 5.41) is 23.2. The second kappa shape index (κ2) is 55.7. The Balaban J connectivity index is 3.49. The average Bonchev–Trinajstić information content (AvgIpc) is 3.32. The molecule has 2 atom stereocenters. The summed E-state index contributed by atoms with van der Waals surface area (Å²) in [5.74, 6) is -0.100. The minimum Gasteiger partial charge on any atom is -0.466 e. The molecule has 0 aliphatic heterocycles. The maximum Gasteiger partial charge on any atom is 0.305 e. The number of rotatable bonds is 54. The highest BCUT2D eigenvalue weighted by molar-refractivity contribution is 5.76. The smallest absolute Gasteiger partial charge is 0.305 e. The minimum absolute atomic E-state index is 0.0206. The van der Waals surface area contributed by atoms with Gasteiger partial charge in [-0.1, -0.05) is 269 Å². The summed E-state index contributed by atoms with van der Waals surface area (Å²) in [6.45, 7) is 4.86. The van der Waals surface area contributed by atoms with E-state index in [1.807, 2.05) is 6.08 Å².